The predicted octanol–water partition coefficient (Wildman–Crippen LogP) is 2.24. The zero-order valence-electron chi connectivity index (χ0n) is 13.8. The van der Waals surface area contributed by atoms with Gasteiger partial charge in [0.25, 0.3) is 0 Å². The van der Waals surface area contributed by atoms with Crippen molar-refractivity contribution in [3.8, 4) is 11.5 Å². The molecule has 1 amide bonds. The standard InChI is InChI=1S/C17H16N2O5S/c1-3-22-16(21)14-9(2)18-17-19(13(20)7-25-17)15(14)10-4-5-11-12(6-10)24-8-23-11/h4-6,15H,3,7-8H2,1-2H3/t15-/m0/s1. The minimum Gasteiger partial charge on any atom is -0.463 e. The molecule has 8 heteroatoms. The van der Waals surface area contributed by atoms with Crippen LogP contribution in [0.25, 0.3) is 0 Å². The smallest absolute Gasteiger partial charge is 0.338 e. The molecular formula is C17H16N2O5S. The molecular weight excluding hydrogens is 344 g/mol. The summed E-state index contributed by atoms with van der Waals surface area (Å²) in [5.41, 5.74) is 1.70. The SMILES string of the molecule is CCOC(=O)C1=C(C)N=C2SCC(=O)N2[C@H]1c1ccc2c(c1)OCO2. The molecule has 25 heavy (non-hydrogen) atoms. The molecule has 0 aliphatic carbocycles. The first kappa shape index (κ1) is 16.0. The van der Waals surface area contributed by atoms with Crippen LogP contribution >= 0.6 is 11.8 Å². The third-order valence-corrected chi connectivity index (χ3v) is 5.13. The van der Waals surface area contributed by atoms with Crippen LogP contribution in [0, 0.1) is 0 Å². The fourth-order valence-corrected chi connectivity index (χ4v) is 4.05. The molecule has 0 N–H and O–H groups in total. The number of esters is 1. The quantitative estimate of drug-likeness (QED) is 0.770. The first-order valence-corrected chi connectivity index (χ1v) is 8.89. The molecule has 0 bridgehead atoms. The number of fused-ring (bicyclic) bond motifs is 2. The van der Waals surface area contributed by atoms with Crippen molar-refractivity contribution in [1.29, 1.82) is 0 Å². The zero-order valence-corrected chi connectivity index (χ0v) is 14.6. The maximum Gasteiger partial charge on any atom is 0.338 e. The van der Waals surface area contributed by atoms with Gasteiger partial charge < -0.3 is 14.2 Å². The number of rotatable bonds is 3. The number of amides is 1. The van der Waals surface area contributed by atoms with Gasteiger partial charge in [0.1, 0.15) is 0 Å². The number of allylic oxidation sites excluding steroid dienone is 1. The number of hydrogen-bond acceptors (Lipinski definition) is 7. The number of carbonyl (C=O) groups excluding carboxylic acids is 2. The molecule has 1 fully saturated rings. The Morgan fingerprint density at radius 2 is 2.20 bits per heavy atom. The van der Waals surface area contributed by atoms with E-state index in [1.807, 2.05) is 6.07 Å². The number of ether oxygens (including phenoxy) is 3. The van der Waals surface area contributed by atoms with Gasteiger partial charge >= 0.3 is 5.97 Å². The summed E-state index contributed by atoms with van der Waals surface area (Å²) in [6.07, 6.45) is 0. The van der Waals surface area contributed by atoms with E-state index in [4.69, 9.17) is 14.2 Å². The second kappa shape index (κ2) is 6.11. The number of amidine groups is 1. The molecule has 4 rings (SSSR count). The van der Waals surface area contributed by atoms with Crippen molar-refractivity contribution in [2.75, 3.05) is 19.2 Å². The van der Waals surface area contributed by atoms with Crippen LogP contribution in [0.2, 0.25) is 0 Å². The predicted molar refractivity (Wildman–Crippen MR) is 91.4 cm³/mol. The summed E-state index contributed by atoms with van der Waals surface area (Å²) >= 11 is 1.37. The number of aliphatic imine (C=N–C) groups is 1. The fourth-order valence-electron chi connectivity index (χ4n) is 3.11. The molecule has 1 aromatic rings. The number of carbonyl (C=O) groups is 2. The van der Waals surface area contributed by atoms with Gasteiger partial charge in [-0.3, -0.25) is 9.69 Å². The summed E-state index contributed by atoms with van der Waals surface area (Å²) < 4.78 is 16.0. The molecule has 0 unspecified atom stereocenters. The third kappa shape index (κ3) is 2.57. The Bertz CT molecular complexity index is 832. The van der Waals surface area contributed by atoms with E-state index in [1.54, 1.807) is 30.9 Å². The second-order valence-electron chi connectivity index (χ2n) is 5.68. The van der Waals surface area contributed by atoms with E-state index in [2.05, 4.69) is 4.99 Å². The Kier molecular flexibility index (Phi) is 3.91. The minimum absolute atomic E-state index is 0.0827. The van der Waals surface area contributed by atoms with E-state index in [0.29, 0.717) is 33.7 Å². The van der Waals surface area contributed by atoms with Crippen LogP contribution in [0.3, 0.4) is 0 Å². The molecule has 0 aromatic heterocycles. The van der Waals surface area contributed by atoms with Crippen molar-refractivity contribution in [3.05, 3.63) is 35.0 Å². The highest BCUT2D eigenvalue weighted by Crippen LogP contribution is 2.43. The lowest BCUT2D eigenvalue weighted by molar-refractivity contribution is -0.139. The van der Waals surface area contributed by atoms with Crippen molar-refractivity contribution >= 4 is 28.8 Å². The number of hydrogen-bond donors (Lipinski definition) is 0. The molecule has 0 spiro atoms. The summed E-state index contributed by atoms with van der Waals surface area (Å²) in [6.45, 7) is 3.93. The van der Waals surface area contributed by atoms with Crippen LogP contribution in [0.15, 0.2) is 34.5 Å². The van der Waals surface area contributed by atoms with Gasteiger partial charge in [0.15, 0.2) is 16.7 Å². The molecule has 3 aliphatic heterocycles. The van der Waals surface area contributed by atoms with E-state index >= 15 is 0 Å². The van der Waals surface area contributed by atoms with Crippen molar-refractivity contribution in [2.45, 2.75) is 19.9 Å². The largest absolute Gasteiger partial charge is 0.463 e. The molecule has 1 saturated heterocycles. The minimum atomic E-state index is -0.580. The normalized spacial score (nSPS) is 21.4. The summed E-state index contributed by atoms with van der Waals surface area (Å²) in [5.74, 6) is 1.01. The number of thioether (sulfide) groups is 1. The van der Waals surface area contributed by atoms with Gasteiger partial charge in [0, 0.05) is 0 Å². The summed E-state index contributed by atoms with van der Waals surface area (Å²) in [6, 6.07) is 4.85. The fraction of sp³-hybridized carbons (Fsp3) is 0.353. The van der Waals surface area contributed by atoms with Gasteiger partial charge in [0.05, 0.1) is 29.7 Å². The topological polar surface area (TPSA) is 77.4 Å². The first-order chi connectivity index (χ1) is 12.1. The maximum atomic E-state index is 12.6. The molecule has 1 aromatic carbocycles. The van der Waals surface area contributed by atoms with E-state index in [-0.39, 0.29) is 19.3 Å². The molecule has 3 aliphatic rings. The summed E-state index contributed by atoms with van der Waals surface area (Å²) in [4.78, 5) is 31.0. The molecule has 0 radical (unpaired) electrons. The van der Waals surface area contributed by atoms with Crippen LogP contribution in [0.1, 0.15) is 25.5 Å². The van der Waals surface area contributed by atoms with Crippen molar-refractivity contribution < 1.29 is 23.8 Å². The highest BCUT2D eigenvalue weighted by atomic mass is 32.2. The Labute approximate surface area is 148 Å². The van der Waals surface area contributed by atoms with Gasteiger partial charge in [-0.05, 0) is 31.5 Å². The monoisotopic (exact) mass is 360 g/mol. The first-order valence-electron chi connectivity index (χ1n) is 7.91. The van der Waals surface area contributed by atoms with Gasteiger partial charge in [-0.25, -0.2) is 9.79 Å². The van der Waals surface area contributed by atoms with Crippen molar-refractivity contribution in [1.82, 2.24) is 4.90 Å². The average Bonchev–Trinajstić information content (AvgIpc) is 3.20. The van der Waals surface area contributed by atoms with Gasteiger partial charge in [-0.15, -0.1) is 0 Å². The van der Waals surface area contributed by atoms with Crippen molar-refractivity contribution in [2.24, 2.45) is 4.99 Å². The number of nitrogens with zero attached hydrogens (tertiary/aromatic N) is 2. The third-order valence-electron chi connectivity index (χ3n) is 4.19. The summed E-state index contributed by atoms with van der Waals surface area (Å²) in [7, 11) is 0. The highest BCUT2D eigenvalue weighted by molar-refractivity contribution is 8.15. The lowest BCUT2D eigenvalue weighted by atomic mass is 9.94. The van der Waals surface area contributed by atoms with Crippen LogP contribution < -0.4 is 9.47 Å². The molecule has 1 atom stereocenters. The van der Waals surface area contributed by atoms with E-state index in [9.17, 15) is 9.59 Å². The second-order valence-corrected chi connectivity index (χ2v) is 6.62. The lowest BCUT2D eigenvalue weighted by Crippen LogP contribution is -2.39. The Morgan fingerprint density at radius 3 is 3.00 bits per heavy atom. The van der Waals surface area contributed by atoms with Crippen molar-refractivity contribution in [3.63, 3.8) is 0 Å². The van der Waals surface area contributed by atoms with E-state index in [0.717, 1.165) is 5.56 Å². The molecule has 0 saturated carbocycles. The highest BCUT2D eigenvalue weighted by Gasteiger charge is 2.43. The molecule has 3 heterocycles. The van der Waals surface area contributed by atoms with Gasteiger partial charge in [-0.1, -0.05) is 17.8 Å². The Balaban J connectivity index is 1.84. The lowest BCUT2D eigenvalue weighted by Gasteiger charge is -2.32. The Morgan fingerprint density at radius 1 is 1.40 bits per heavy atom. The van der Waals surface area contributed by atoms with Crippen LogP contribution in [-0.4, -0.2) is 41.1 Å². The van der Waals surface area contributed by atoms with Gasteiger partial charge in [0.2, 0.25) is 12.7 Å². The van der Waals surface area contributed by atoms with Gasteiger partial charge in [-0.2, -0.15) is 0 Å². The summed E-state index contributed by atoms with van der Waals surface area (Å²) in [5, 5.41) is 0.609. The zero-order chi connectivity index (χ0) is 17.6. The molecule has 7 nitrogen and oxygen atoms in total. The van der Waals surface area contributed by atoms with Crippen LogP contribution in [-0.2, 0) is 14.3 Å². The average molecular weight is 360 g/mol. The van der Waals surface area contributed by atoms with E-state index < -0.39 is 12.0 Å². The van der Waals surface area contributed by atoms with Crippen LogP contribution in [0.5, 0.6) is 11.5 Å². The Hall–Kier alpha value is -2.48. The van der Waals surface area contributed by atoms with E-state index in [1.165, 1.54) is 11.8 Å². The van der Waals surface area contributed by atoms with Crippen LogP contribution in [0.4, 0.5) is 0 Å². The molecule has 130 valence electrons. The maximum absolute atomic E-state index is 12.6. The number of benzene rings is 1.